The minimum atomic E-state index is -0.545. The van der Waals surface area contributed by atoms with Crippen LogP contribution in [0.2, 0.25) is 0 Å². The molecule has 0 spiro atoms. The molecule has 5 nitrogen and oxygen atoms in total. The van der Waals surface area contributed by atoms with E-state index in [1.165, 1.54) is 10.1 Å². The number of hydrogen-bond acceptors (Lipinski definition) is 4. The third-order valence-electron chi connectivity index (χ3n) is 4.46. The molecule has 0 aliphatic rings. The van der Waals surface area contributed by atoms with E-state index in [1.807, 2.05) is 12.1 Å². The zero-order valence-electron chi connectivity index (χ0n) is 16.0. The Morgan fingerprint density at radius 2 is 1.85 bits per heavy atom. The van der Waals surface area contributed by atoms with Crippen molar-refractivity contribution in [3.8, 4) is 0 Å². The van der Waals surface area contributed by atoms with Gasteiger partial charge in [0.15, 0.2) is 5.96 Å². The molecule has 2 aromatic rings. The van der Waals surface area contributed by atoms with Crippen molar-refractivity contribution in [1.29, 1.82) is 0 Å². The van der Waals surface area contributed by atoms with Gasteiger partial charge in [0.1, 0.15) is 6.10 Å². The summed E-state index contributed by atoms with van der Waals surface area (Å²) in [4.78, 5) is 7.62. The highest BCUT2D eigenvalue weighted by Crippen LogP contribution is 2.29. The van der Waals surface area contributed by atoms with Crippen molar-refractivity contribution >= 4 is 51.4 Å². The lowest BCUT2D eigenvalue weighted by Gasteiger charge is -2.27. The molecule has 26 heavy (non-hydrogen) atoms. The molecule has 2 atom stereocenters. The monoisotopic (exact) mass is 490 g/mol. The summed E-state index contributed by atoms with van der Waals surface area (Å²) in [5.74, 6) is 0.721. The Morgan fingerprint density at radius 1 is 1.19 bits per heavy atom. The molecule has 7 heteroatoms. The second-order valence-corrected chi connectivity index (χ2v) is 7.22. The number of halogens is 1. The van der Waals surface area contributed by atoms with Gasteiger partial charge in [-0.05, 0) is 37.5 Å². The quantitative estimate of drug-likeness (QED) is 0.302. The number of hydrogen-bond donors (Lipinski definition) is 3. The molecule has 0 aliphatic carbocycles. The maximum atomic E-state index is 10.5. The minimum Gasteiger partial charge on any atom is -0.386 e. The fourth-order valence-corrected chi connectivity index (χ4v) is 3.95. The van der Waals surface area contributed by atoms with Gasteiger partial charge >= 0.3 is 0 Å². The number of rotatable bonds is 8. The van der Waals surface area contributed by atoms with Crippen LogP contribution in [0.15, 0.2) is 35.3 Å². The van der Waals surface area contributed by atoms with Crippen LogP contribution in [0.4, 0.5) is 0 Å². The molecule has 0 fully saturated rings. The average Bonchev–Trinajstić information content (AvgIpc) is 3.07. The highest BCUT2D eigenvalue weighted by molar-refractivity contribution is 14.0. The summed E-state index contributed by atoms with van der Waals surface area (Å²) in [6.07, 6.45) is -0.545. The van der Waals surface area contributed by atoms with E-state index in [1.54, 1.807) is 18.4 Å². The maximum Gasteiger partial charge on any atom is 0.191 e. The van der Waals surface area contributed by atoms with E-state index in [2.05, 4.69) is 59.5 Å². The van der Waals surface area contributed by atoms with Crippen molar-refractivity contribution in [2.24, 2.45) is 4.99 Å². The number of likely N-dealkylation sites (N-methyl/N-ethyl adjacent to an activating group) is 1. The molecule has 0 saturated heterocycles. The third-order valence-corrected chi connectivity index (χ3v) is 5.68. The van der Waals surface area contributed by atoms with E-state index in [0.29, 0.717) is 12.6 Å². The fourth-order valence-electron chi connectivity index (χ4n) is 2.90. The highest BCUT2D eigenvalue weighted by atomic mass is 127. The second-order valence-electron chi connectivity index (χ2n) is 6.11. The molecule has 0 bridgehead atoms. The van der Waals surface area contributed by atoms with Gasteiger partial charge in [-0.15, -0.1) is 35.3 Å². The van der Waals surface area contributed by atoms with Gasteiger partial charge < -0.3 is 15.7 Å². The Morgan fingerprint density at radius 3 is 2.46 bits per heavy atom. The van der Waals surface area contributed by atoms with Gasteiger partial charge in [-0.25, -0.2) is 0 Å². The summed E-state index contributed by atoms with van der Waals surface area (Å²) in [7, 11) is 1.75. The molecule has 146 valence electrons. The van der Waals surface area contributed by atoms with Crippen LogP contribution in [0, 0.1) is 0 Å². The smallest absolute Gasteiger partial charge is 0.191 e. The zero-order chi connectivity index (χ0) is 18.2. The van der Waals surface area contributed by atoms with E-state index < -0.39 is 6.10 Å². The lowest BCUT2D eigenvalue weighted by atomic mass is 10.2. The second kappa shape index (κ2) is 11.7. The standard InChI is InChI=1S/C19H30N4OS.HI/c1-5-23(6-2)14(3)12-21-19(20-4)22-13-16(24)18-11-15-9-7-8-10-17(15)25-18;/h7-11,14,16,24H,5-6,12-13H2,1-4H3,(H2,20,21,22);1H. The SMILES string of the molecule is CCN(CC)C(C)CNC(=NC)NCC(O)c1cc2ccccc2s1.I. The molecular weight excluding hydrogens is 459 g/mol. The van der Waals surface area contributed by atoms with Crippen molar-refractivity contribution < 1.29 is 5.11 Å². The summed E-state index contributed by atoms with van der Waals surface area (Å²) in [5.41, 5.74) is 0. The summed E-state index contributed by atoms with van der Waals surface area (Å²) < 4.78 is 1.20. The first-order chi connectivity index (χ1) is 12.1. The van der Waals surface area contributed by atoms with Crippen molar-refractivity contribution in [3.63, 3.8) is 0 Å². The summed E-state index contributed by atoms with van der Waals surface area (Å²) in [6, 6.07) is 10.7. The van der Waals surface area contributed by atoms with E-state index in [9.17, 15) is 5.11 Å². The number of thiophene rings is 1. The Bertz CT molecular complexity index is 654. The van der Waals surface area contributed by atoms with E-state index in [0.717, 1.165) is 30.5 Å². The number of aliphatic imine (C=N–C) groups is 1. The van der Waals surface area contributed by atoms with Crippen molar-refractivity contribution in [3.05, 3.63) is 35.2 Å². The van der Waals surface area contributed by atoms with Crippen LogP contribution >= 0.6 is 35.3 Å². The van der Waals surface area contributed by atoms with Crippen molar-refractivity contribution in [1.82, 2.24) is 15.5 Å². The molecule has 2 unspecified atom stereocenters. The van der Waals surface area contributed by atoms with E-state index in [4.69, 9.17) is 0 Å². The number of nitrogens with one attached hydrogen (secondary N) is 2. The molecule has 1 heterocycles. The van der Waals surface area contributed by atoms with Gasteiger partial charge in [-0.1, -0.05) is 32.0 Å². The molecule has 2 rings (SSSR count). The number of guanidine groups is 1. The summed E-state index contributed by atoms with van der Waals surface area (Å²) in [6.45, 7) is 9.89. The first kappa shape index (κ1) is 23.1. The predicted octanol–water partition coefficient (Wildman–Crippen LogP) is 3.45. The van der Waals surface area contributed by atoms with Gasteiger partial charge in [0.25, 0.3) is 0 Å². The lowest BCUT2D eigenvalue weighted by Crippen LogP contribution is -2.46. The topological polar surface area (TPSA) is 59.9 Å². The zero-order valence-corrected chi connectivity index (χ0v) is 19.2. The number of fused-ring (bicyclic) bond motifs is 1. The summed E-state index contributed by atoms with van der Waals surface area (Å²) >= 11 is 1.64. The van der Waals surface area contributed by atoms with Gasteiger partial charge in [0, 0.05) is 35.8 Å². The van der Waals surface area contributed by atoms with Gasteiger partial charge in [0.05, 0.1) is 0 Å². The molecule has 0 saturated carbocycles. The molecule has 3 N–H and O–H groups in total. The lowest BCUT2D eigenvalue weighted by molar-refractivity contribution is 0.184. The number of aliphatic hydroxyl groups excluding tert-OH is 1. The van der Waals surface area contributed by atoms with Crippen LogP contribution < -0.4 is 10.6 Å². The molecule has 0 aliphatic heterocycles. The fraction of sp³-hybridized carbons (Fsp3) is 0.526. The number of nitrogens with zero attached hydrogens (tertiary/aromatic N) is 2. The number of benzene rings is 1. The highest BCUT2D eigenvalue weighted by Gasteiger charge is 2.13. The van der Waals surface area contributed by atoms with Gasteiger partial charge in [-0.3, -0.25) is 9.89 Å². The van der Waals surface area contributed by atoms with Crippen LogP contribution in [0.1, 0.15) is 31.8 Å². The molecule has 0 radical (unpaired) electrons. The Balaban J connectivity index is 0.00000338. The van der Waals surface area contributed by atoms with Gasteiger partial charge in [-0.2, -0.15) is 0 Å². The predicted molar refractivity (Wildman–Crippen MR) is 124 cm³/mol. The summed E-state index contributed by atoms with van der Waals surface area (Å²) in [5, 5.41) is 18.2. The van der Waals surface area contributed by atoms with Crippen molar-refractivity contribution in [2.75, 3.05) is 33.2 Å². The third kappa shape index (κ3) is 6.37. The van der Waals surface area contributed by atoms with Crippen LogP contribution in [0.5, 0.6) is 0 Å². The van der Waals surface area contributed by atoms with Crippen LogP contribution in [0.3, 0.4) is 0 Å². The van der Waals surface area contributed by atoms with Crippen LogP contribution in [0.25, 0.3) is 10.1 Å². The normalized spacial score (nSPS) is 14.2. The molecule has 1 aromatic carbocycles. The average molecular weight is 490 g/mol. The molecule has 1 aromatic heterocycles. The largest absolute Gasteiger partial charge is 0.386 e. The van der Waals surface area contributed by atoms with Gasteiger partial charge in [0.2, 0.25) is 0 Å². The molecular formula is C19H31IN4OS. The van der Waals surface area contributed by atoms with E-state index in [-0.39, 0.29) is 24.0 Å². The Hall–Kier alpha value is -0.900. The number of aliphatic hydroxyl groups is 1. The van der Waals surface area contributed by atoms with Crippen molar-refractivity contribution in [2.45, 2.75) is 32.9 Å². The Labute approximate surface area is 177 Å². The van der Waals surface area contributed by atoms with Crippen LogP contribution in [-0.2, 0) is 0 Å². The maximum absolute atomic E-state index is 10.5. The molecule has 0 amide bonds. The van der Waals surface area contributed by atoms with Crippen LogP contribution in [-0.4, -0.2) is 55.2 Å². The first-order valence-corrected chi connectivity index (χ1v) is 9.75. The Kier molecular flexibility index (Phi) is 10.4. The minimum absolute atomic E-state index is 0. The first-order valence-electron chi connectivity index (χ1n) is 8.94. The van der Waals surface area contributed by atoms with E-state index >= 15 is 0 Å².